The molecule has 0 aliphatic carbocycles. The van der Waals surface area contributed by atoms with E-state index in [1.54, 1.807) is 0 Å². The Balaban J connectivity index is 2.03. The van der Waals surface area contributed by atoms with E-state index in [0.29, 0.717) is 6.54 Å². The van der Waals surface area contributed by atoms with Crippen LogP contribution in [0.25, 0.3) is 0 Å². The van der Waals surface area contributed by atoms with E-state index < -0.39 is 5.60 Å². The molecule has 1 heterocycles. The molecule has 1 saturated heterocycles. The molecule has 0 aromatic carbocycles. The van der Waals surface area contributed by atoms with Crippen LogP contribution in [0.3, 0.4) is 0 Å². The minimum atomic E-state index is -0.442. The third-order valence-corrected chi connectivity index (χ3v) is 2.77. The Labute approximate surface area is 110 Å². The van der Waals surface area contributed by atoms with E-state index in [4.69, 9.17) is 9.47 Å². The van der Waals surface area contributed by atoms with Gasteiger partial charge in [0.25, 0.3) is 0 Å². The van der Waals surface area contributed by atoms with Crippen LogP contribution >= 0.6 is 0 Å². The molecule has 0 aromatic rings. The molecule has 1 aliphatic rings. The highest BCUT2D eigenvalue weighted by molar-refractivity contribution is 5.67. The number of alkyl carbamates (subject to hydrolysis) is 1. The second-order valence-corrected chi connectivity index (χ2v) is 6.01. The first-order valence-corrected chi connectivity index (χ1v) is 6.62. The van der Waals surface area contributed by atoms with Crippen LogP contribution in [0, 0.1) is 0 Å². The molecule has 1 unspecified atom stereocenters. The van der Waals surface area contributed by atoms with E-state index in [9.17, 15) is 4.79 Å². The molecule has 5 nitrogen and oxygen atoms in total. The van der Waals surface area contributed by atoms with Crippen LogP contribution in [-0.2, 0) is 9.47 Å². The molecule has 0 radical (unpaired) electrons. The average molecular weight is 258 g/mol. The van der Waals surface area contributed by atoms with Gasteiger partial charge in [-0.3, -0.25) is 0 Å². The van der Waals surface area contributed by atoms with Crippen molar-refractivity contribution in [3.05, 3.63) is 0 Å². The zero-order valence-electron chi connectivity index (χ0n) is 12.0. The lowest BCUT2D eigenvalue weighted by Crippen LogP contribution is -2.41. The molecule has 0 saturated carbocycles. The van der Waals surface area contributed by atoms with Crippen LogP contribution in [0.15, 0.2) is 0 Å². The van der Waals surface area contributed by atoms with Gasteiger partial charge in [-0.25, -0.2) is 4.79 Å². The van der Waals surface area contributed by atoms with E-state index in [1.807, 2.05) is 20.8 Å². The number of hydrogen-bond acceptors (Lipinski definition) is 4. The molecule has 0 aromatic heterocycles. The first-order chi connectivity index (χ1) is 8.31. The Morgan fingerprint density at radius 2 is 2.11 bits per heavy atom. The van der Waals surface area contributed by atoms with E-state index in [1.165, 1.54) is 0 Å². The van der Waals surface area contributed by atoms with E-state index >= 15 is 0 Å². The summed E-state index contributed by atoms with van der Waals surface area (Å²) in [6, 6.07) is 0. The molecule has 1 fully saturated rings. The normalized spacial score (nSPS) is 24.0. The van der Waals surface area contributed by atoms with E-state index in [0.717, 1.165) is 32.5 Å². The van der Waals surface area contributed by atoms with Crippen molar-refractivity contribution in [1.82, 2.24) is 10.6 Å². The molecule has 18 heavy (non-hydrogen) atoms. The third kappa shape index (κ3) is 6.21. The Morgan fingerprint density at radius 1 is 1.39 bits per heavy atom. The maximum absolute atomic E-state index is 11.4. The smallest absolute Gasteiger partial charge is 0.407 e. The fourth-order valence-corrected chi connectivity index (χ4v) is 1.90. The summed E-state index contributed by atoms with van der Waals surface area (Å²) in [5.41, 5.74) is -0.478. The van der Waals surface area contributed by atoms with Gasteiger partial charge >= 0.3 is 6.09 Å². The van der Waals surface area contributed by atoms with Crippen molar-refractivity contribution in [3.8, 4) is 0 Å². The minimum absolute atomic E-state index is 0.0358. The predicted molar refractivity (Wildman–Crippen MR) is 70.7 cm³/mol. The molecule has 1 atom stereocenters. The number of nitrogens with one attached hydrogen (secondary N) is 2. The van der Waals surface area contributed by atoms with Crippen LogP contribution in [0.5, 0.6) is 0 Å². The van der Waals surface area contributed by atoms with Crippen molar-refractivity contribution >= 4 is 6.09 Å². The monoisotopic (exact) mass is 258 g/mol. The number of carbonyl (C=O) groups excluding carboxylic acids is 1. The summed E-state index contributed by atoms with van der Waals surface area (Å²) >= 11 is 0. The van der Waals surface area contributed by atoms with Gasteiger partial charge in [0.05, 0.1) is 5.60 Å². The molecule has 5 heteroatoms. The van der Waals surface area contributed by atoms with Gasteiger partial charge in [-0.15, -0.1) is 0 Å². The van der Waals surface area contributed by atoms with Crippen LogP contribution in [-0.4, -0.2) is 43.5 Å². The molecule has 106 valence electrons. The van der Waals surface area contributed by atoms with Gasteiger partial charge in [-0.1, -0.05) is 0 Å². The second kappa shape index (κ2) is 6.38. The molecule has 0 spiro atoms. The van der Waals surface area contributed by atoms with Gasteiger partial charge in [0.15, 0.2) is 0 Å². The van der Waals surface area contributed by atoms with Crippen molar-refractivity contribution in [1.29, 1.82) is 0 Å². The maximum Gasteiger partial charge on any atom is 0.407 e. The predicted octanol–water partition coefficient (Wildman–Crippen LogP) is 1.67. The summed E-state index contributed by atoms with van der Waals surface area (Å²) in [4.78, 5) is 11.4. The highest BCUT2D eigenvalue weighted by atomic mass is 16.6. The zero-order chi connectivity index (χ0) is 13.6. The van der Waals surface area contributed by atoms with Crippen LogP contribution in [0.4, 0.5) is 4.79 Å². The van der Waals surface area contributed by atoms with Crippen molar-refractivity contribution < 1.29 is 14.3 Å². The Morgan fingerprint density at radius 3 is 2.67 bits per heavy atom. The minimum Gasteiger partial charge on any atom is -0.444 e. The maximum atomic E-state index is 11.4. The first kappa shape index (κ1) is 15.2. The van der Waals surface area contributed by atoms with Crippen molar-refractivity contribution in [3.63, 3.8) is 0 Å². The fourth-order valence-electron chi connectivity index (χ4n) is 1.90. The van der Waals surface area contributed by atoms with Gasteiger partial charge < -0.3 is 20.1 Å². The van der Waals surface area contributed by atoms with Crippen molar-refractivity contribution in [2.24, 2.45) is 0 Å². The lowest BCUT2D eigenvalue weighted by Gasteiger charge is -2.23. The molecule has 0 bridgehead atoms. The van der Waals surface area contributed by atoms with Crippen LogP contribution in [0.2, 0.25) is 0 Å². The van der Waals surface area contributed by atoms with Gasteiger partial charge in [0.2, 0.25) is 0 Å². The SMILES string of the molecule is CC(C)(C)OC(=O)NCCNCC1(C)CCCO1. The molecule has 1 amide bonds. The first-order valence-electron chi connectivity index (χ1n) is 6.62. The second-order valence-electron chi connectivity index (χ2n) is 6.01. The Hall–Kier alpha value is -0.810. The summed E-state index contributed by atoms with van der Waals surface area (Å²) in [5, 5.41) is 6.00. The summed E-state index contributed by atoms with van der Waals surface area (Å²) < 4.78 is 10.8. The summed E-state index contributed by atoms with van der Waals surface area (Å²) in [6.45, 7) is 10.6. The molecular weight excluding hydrogens is 232 g/mol. The van der Waals surface area contributed by atoms with Crippen LogP contribution in [0.1, 0.15) is 40.5 Å². The highest BCUT2D eigenvalue weighted by Crippen LogP contribution is 2.23. The standard InChI is InChI=1S/C13H26N2O3/c1-12(2,3)18-11(16)15-8-7-14-10-13(4)6-5-9-17-13/h14H,5-10H2,1-4H3,(H,15,16). The van der Waals surface area contributed by atoms with Gasteiger partial charge in [0, 0.05) is 26.2 Å². The number of ether oxygens (including phenoxy) is 2. The largest absolute Gasteiger partial charge is 0.444 e. The molecule has 2 N–H and O–H groups in total. The lowest BCUT2D eigenvalue weighted by atomic mass is 10.0. The topological polar surface area (TPSA) is 59.6 Å². The zero-order valence-corrected chi connectivity index (χ0v) is 12.0. The number of rotatable bonds is 5. The molecular formula is C13H26N2O3. The van der Waals surface area contributed by atoms with E-state index in [2.05, 4.69) is 17.6 Å². The molecule has 1 rings (SSSR count). The highest BCUT2D eigenvalue weighted by Gasteiger charge is 2.28. The number of hydrogen-bond donors (Lipinski definition) is 2. The Kier molecular flexibility index (Phi) is 5.41. The van der Waals surface area contributed by atoms with E-state index in [-0.39, 0.29) is 11.7 Å². The third-order valence-electron chi connectivity index (χ3n) is 2.77. The van der Waals surface area contributed by atoms with Gasteiger partial charge in [-0.05, 0) is 40.5 Å². The van der Waals surface area contributed by atoms with Crippen molar-refractivity contribution in [2.75, 3.05) is 26.2 Å². The fraction of sp³-hybridized carbons (Fsp3) is 0.923. The number of carbonyl (C=O) groups is 1. The van der Waals surface area contributed by atoms with Gasteiger partial charge in [0.1, 0.15) is 5.60 Å². The number of amides is 1. The summed E-state index contributed by atoms with van der Waals surface area (Å²) in [6.07, 6.45) is 1.86. The summed E-state index contributed by atoms with van der Waals surface area (Å²) in [5.74, 6) is 0. The Bertz CT molecular complexity index is 268. The summed E-state index contributed by atoms with van der Waals surface area (Å²) in [7, 11) is 0. The molecule has 1 aliphatic heterocycles. The lowest BCUT2D eigenvalue weighted by molar-refractivity contribution is 0.0210. The van der Waals surface area contributed by atoms with Crippen LogP contribution < -0.4 is 10.6 Å². The average Bonchev–Trinajstić information content (AvgIpc) is 2.62. The quantitative estimate of drug-likeness (QED) is 0.736. The van der Waals surface area contributed by atoms with Gasteiger partial charge in [-0.2, -0.15) is 0 Å². The van der Waals surface area contributed by atoms with Crippen molar-refractivity contribution in [2.45, 2.75) is 51.7 Å².